The van der Waals surface area contributed by atoms with Gasteiger partial charge in [0.25, 0.3) is 0 Å². The Balaban J connectivity index is 2.30. The molecule has 2 N–H and O–H groups in total. The first kappa shape index (κ1) is 6.90. The molecule has 0 fully saturated rings. The lowest BCUT2D eigenvalue weighted by atomic mass is 10.3. The van der Waals surface area contributed by atoms with Gasteiger partial charge in [-0.05, 0) is 6.07 Å². The monoisotopic (exact) mass is 164 g/mol. The fourth-order valence-corrected chi connectivity index (χ4v) is 1.12. The molecule has 0 bridgehead atoms. The van der Waals surface area contributed by atoms with Crippen LogP contribution in [0.3, 0.4) is 0 Å². The van der Waals surface area contributed by atoms with Crippen LogP contribution in [0.25, 0.3) is 6.20 Å². The largest absolute Gasteiger partial charge is 0.351 e. The summed E-state index contributed by atoms with van der Waals surface area (Å²) in [6.07, 6.45) is 5.00. The van der Waals surface area contributed by atoms with Crippen molar-refractivity contribution >= 4 is 12.2 Å². The van der Waals surface area contributed by atoms with Crippen molar-refractivity contribution in [3.05, 3.63) is 24.2 Å². The summed E-state index contributed by atoms with van der Waals surface area (Å²) in [5.41, 5.74) is 6.05. The molecule has 1 aliphatic rings. The lowest BCUT2D eigenvalue weighted by Crippen LogP contribution is -2.33. The van der Waals surface area contributed by atoms with Crippen molar-refractivity contribution in [2.75, 3.05) is 0 Å². The maximum absolute atomic E-state index is 10.8. The average Bonchev–Trinajstić information content (AvgIpc) is 2.49. The third-order valence-corrected chi connectivity index (χ3v) is 1.76. The highest BCUT2D eigenvalue weighted by molar-refractivity contribution is 5.74. The van der Waals surface area contributed by atoms with E-state index in [1.165, 1.54) is 4.90 Å². The van der Waals surface area contributed by atoms with Crippen LogP contribution in [0.15, 0.2) is 18.5 Å². The van der Waals surface area contributed by atoms with Crippen LogP contribution in [0.1, 0.15) is 5.69 Å². The molecule has 0 unspecified atom stereocenters. The Hall–Kier alpha value is -1.78. The molecule has 5 heteroatoms. The first-order valence-corrected chi connectivity index (χ1v) is 3.54. The van der Waals surface area contributed by atoms with E-state index in [1.807, 2.05) is 6.07 Å². The van der Waals surface area contributed by atoms with Gasteiger partial charge in [-0.25, -0.2) is 9.48 Å². The number of hydrogen-bond acceptors (Lipinski definition) is 2. The van der Waals surface area contributed by atoms with Crippen LogP contribution >= 0.6 is 0 Å². The summed E-state index contributed by atoms with van der Waals surface area (Å²) in [6, 6.07) is 1.40. The van der Waals surface area contributed by atoms with Crippen molar-refractivity contribution in [1.29, 1.82) is 0 Å². The predicted molar refractivity (Wildman–Crippen MR) is 42.7 cm³/mol. The highest BCUT2D eigenvalue weighted by Crippen LogP contribution is 2.10. The third kappa shape index (κ3) is 0.952. The highest BCUT2D eigenvalue weighted by atomic mass is 16.2. The second kappa shape index (κ2) is 2.37. The van der Waals surface area contributed by atoms with Crippen LogP contribution in [0.4, 0.5) is 4.79 Å². The minimum Gasteiger partial charge on any atom is -0.351 e. The lowest BCUT2D eigenvalue weighted by molar-refractivity contribution is 0.221. The third-order valence-electron chi connectivity index (χ3n) is 1.76. The maximum Gasteiger partial charge on any atom is 0.319 e. The van der Waals surface area contributed by atoms with Crippen LogP contribution in [0, 0.1) is 0 Å². The molecule has 1 aromatic heterocycles. The van der Waals surface area contributed by atoms with Gasteiger partial charge in [-0.1, -0.05) is 0 Å². The van der Waals surface area contributed by atoms with E-state index >= 15 is 0 Å². The second-order valence-corrected chi connectivity index (χ2v) is 2.53. The smallest absolute Gasteiger partial charge is 0.319 e. The Bertz CT molecular complexity index is 341. The number of carbonyl (C=O) groups is 1. The van der Waals surface area contributed by atoms with E-state index in [0.717, 1.165) is 5.69 Å². The topological polar surface area (TPSA) is 64.2 Å². The average molecular weight is 164 g/mol. The summed E-state index contributed by atoms with van der Waals surface area (Å²) in [7, 11) is 0. The van der Waals surface area contributed by atoms with E-state index in [9.17, 15) is 4.79 Å². The van der Waals surface area contributed by atoms with Gasteiger partial charge in [0.1, 0.15) is 0 Å². The number of nitrogens with two attached hydrogens (primary N) is 1. The van der Waals surface area contributed by atoms with Crippen LogP contribution in [-0.4, -0.2) is 20.7 Å². The molecule has 0 atom stereocenters. The number of fused-ring (bicyclic) bond motifs is 1. The normalized spacial score (nSPS) is 14.5. The number of rotatable bonds is 0. The predicted octanol–water partition coefficient (Wildman–Crippen LogP) is 0.206. The summed E-state index contributed by atoms with van der Waals surface area (Å²) in [6.45, 7) is 0.492. The molecular weight excluding hydrogens is 156 g/mol. The number of aromatic nitrogens is 2. The zero-order valence-electron chi connectivity index (χ0n) is 6.34. The van der Waals surface area contributed by atoms with E-state index in [4.69, 9.17) is 5.73 Å². The Labute approximate surface area is 69.1 Å². The fraction of sp³-hybridized carbons (Fsp3) is 0.143. The molecule has 2 amide bonds. The van der Waals surface area contributed by atoms with Crippen LogP contribution in [-0.2, 0) is 6.54 Å². The number of primary amides is 1. The van der Waals surface area contributed by atoms with Crippen molar-refractivity contribution in [2.45, 2.75) is 6.54 Å². The number of hydrogen-bond donors (Lipinski definition) is 1. The minimum atomic E-state index is -0.446. The number of urea groups is 1. The number of nitrogens with zero attached hydrogens (tertiary/aromatic N) is 3. The summed E-state index contributed by atoms with van der Waals surface area (Å²) >= 11 is 0. The maximum atomic E-state index is 10.8. The van der Waals surface area contributed by atoms with Gasteiger partial charge in [0.05, 0.1) is 12.2 Å². The Morgan fingerprint density at radius 2 is 2.42 bits per heavy atom. The van der Waals surface area contributed by atoms with Gasteiger partial charge in [0.15, 0.2) is 0 Å². The van der Waals surface area contributed by atoms with Gasteiger partial charge in [-0.3, -0.25) is 4.90 Å². The summed E-state index contributed by atoms with van der Waals surface area (Å²) in [5, 5.41) is 4.00. The highest BCUT2D eigenvalue weighted by Gasteiger charge is 2.13. The van der Waals surface area contributed by atoms with Gasteiger partial charge in [-0.15, -0.1) is 0 Å². The molecule has 1 aliphatic heterocycles. The van der Waals surface area contributed by atoms with E-state index in [-0.39, 0.29) is 0 Å². The van der Waals surface area contributed by atoms with Gasteiger partial charge in [0, 0.05) is 18.6 Å². The van der Waals surface area contributed by atoms with E-state index in [2.05, 4.69) is 5.10 Å². The van der Waals surface area contributed by atoms with Crippen LogP contribution in [0.2, 0.25) is 0 Å². The molecule has 0 aliphatic carbocycles. The molecule has 1 aromatic rings. The van der Waals surface area contributed by atoms with E-state index < -0.39 is 6.03 Å². The molecule has 0 saturated carbocycles. The summed E-state index contributed by atoms with van der Waals surface area (Å²) in [5.74, 6) is 0. The standard InChI is InChI=1S/C7H8N4O/c8-7(12)10-3-4-11-6(5-10)1-2-9-11/h1-4H,5H2,(H2,8,12). The fourth-order valence-electron chi connectivity index (χ4n) is 1.12. The van der Waals surface area contributed by atoms with E-state index in [0.29, 0.717) is 6.54 Å². The SMILES string of the molecule is NC(=O)N1C=Cn2nccc2C1. The van der Waals surface area contributed by atoms with Crippen molar-refractivity contribution in [1.82, 2.24) is 14.7 Å². The second-order valence-electron chi connectivity index (χ2n) is 2.53. The van der Waals surface area contributed by atoms with Gasteiger partial charge in [-0.2, -0.15) is 5.10 Å². The molecule has 2 heterocycles. The molecule has 62 valence electrons. The van der Waals surface area contributed by atoms with Crippen molar-refractivity contribution in [2.24, 2.45) is 5.73 Å². The van der Waals surface area contributed by atoms with Gasteiger partial charge < -0.3 is 5.73 Å². The lowest BCUT2D eigenvalue weighted by Gasteiger charge is -2.19. The zero-order chi connectivity index (χ0) is 8.55. The molecule has 0 aromatic carbocycles. The molecular formula is C7H8N4O. The van der Waals surface area contributed by atoms with Crippen LogP contribution in [0.5, 0.6) is 0 Å². The first-order chi connectivity index (χ1) is 5.77. The number of carbonyl (C=O) groups excluding carboxylic acids is 1. The van der Waals surface area contributed by atoms with Crippen molar-refractivity contribution < 1.29 is 4.79 Å². The van der Waals surface area contributed by atoms with Crippen LogP contribution < -0.4 is 5.73 Å². The molecule has 12 heavy (non-hydrogen) atoms. The Morgan fingerprint density at radius 3 is 3.17 bits per heavy atom. The first-order valence-electron chi connectivity index (χ1n) is 3.54. The van der Waals surface area contributed by atoms with E-state index in [1.54, 1.807) is 23.3 Å². The van der Waals surface area contributed by atoms with Crippen molar-refractivity contribution in [3.63, 3.8) is 0 Å². The Kier molecular flexibility index (Phi) is 1.36. The zero-order valence-corrected chi connectivity index (χ0v) is 6.34. The summed E-state index contributed by atoms with van der Waals surface area (Å²) < 4.78 is 1.71. The van der Waals surface area contributed by atoms with Gasteiger partial charge in [0.2, 0.25) is 0 Å². The Morgan fingerprint density at radius 1 is 1.58 bits per heavy atom. The van der Waals surface area contributed by atoms with Crippen molar-refractivity contribution in [3.8, 4) is 0 Å². The molecule has 5 nitrogen and oxygen atoms in total. The minimum absolute atomic E-state index is 0.446. The molecule has 0 radical (unpaired) electrons. The molecule has 0 saturated heterocycles. The van der Waals surface area contributed by atoms with Gasteiger partial charge >= 0.3 is 6.03 Å². The summed E-state index contributed by atoms with van der Waals surface area (Å²) in [4.78, 5) is 12.2. The number of amides is 2. The molecule has 0 spiro atoms. The molecule has 2 rings (SSSR count). The quantitative estimate of drug-likeness (QED) is 0.595.